The summed E-state index contributed by atoms with van der Waals surface area (Å²) in [4.78, 5) is 23.9. The standard InChI is InChI=1S/C26H19FN2O7S/c27-18-6-9-20(10-7-18)29(37(35)36)22-14-19(8-12-23(22)30)28-25(32)16-3-1-15(2-4-16)17-5-11-21(26(33)34)24(31)13-17/h1-14,30-31,37H,(H,28,32)(H,33,34). The smallest absolute Gasteiger partial charge is 0.339 e. The number of aromatic carboxylic acids is 1. The molecule has 9 nitrogen and oxygen atoms in total. The van der Waals surface area contributed by atoms with Crippen LogP contribution in [0.5, 0.6) is 11.5 Å². The summed E-state index contributed by atoms with van der Waals surface area (Å²) >= 11 is 0. The molecule has 0 unspecified atom stereocenters. The average molecular weight is 523 g/mol. The van der Waals surface area contributed by atoms with Crippen molar-refractivity contribution in [2.75, 3.05) is 9.62 Å². The van der Waals surface area contributed by atoms with Crippen molar-refractivity contribution < 1.29 is 37.7 Å². The summed E-state index contributed by atoms with van der Waals surface area (Å²) in [5.74, 6) is -3.09. The Kier molecular flexibility index (Phi) is 7.07. The zero-order valence-corrected chi connectivity index (χ0v) is 19.7. The number of nitrogens with one attached hydrogen (secondary N) is 1. The molecule has 11 heteroatoms. The third-order valence-corrected chi connectivity index (χ3v) is 6.18. The zero-order chi connectivity index (χ0) is 26.7. The molecule has 0 fully saturated rings. The van der Waals surface area contributed by atoms with Crippen LogP contribution in [0, 0.1) is 5.82 Å². The highest BCUT2D eigenvalue weighted by Crippen LogP contribution is 2.36. The van der Waals surface area contributed by atoms with E-state index in [0.717, 1.165) is 16.4 Å². The van der Waals surface area contributed by atoms with Gasteiger partial charge in [-0.2, -0.15) is 0 Å². The number of amides is 1. The summed E-state index contributed by atoms with van der Waals surface area (Å²) in [5.41, 5.74) is 1.35. The molecule has 0 saturated carbocycles. The van der Waals surface area contributed by atoms with E-state index in [-0.39, 0.29) is 39.7 Å². The van der Waals surface area contributed by atoms with Crippen LogP contribution in [0.4, 0.5) is 21.5 Å². The predicted molar refractivity (Wildman–Crippen MR) is 135 cm³/mol. The quantitative estimate of drug-likeness (QED) is 0.177. The first-order valence-electron chi connectivity index (χ1n) is 10.6. The Labute approximate surface area is 211 Å². The topological polar surface area (TPSA) is 144 Å². The van der Waals surface area contributed by atoms with E-state index in [1.165, 1.54) is 60.7 Å². The molecule has 0 saturated heterocycles. The van der Waals surface area contributed by atoms with E-state index in [1.54, 1.807) is 12.1 Å². The minimum atomic E-state index is -3.27. The number of hydrogen-bond acceptors (Lipinski definition) is 6. The van der Waals surface area contributed by atoms with Gasteiger partial charge >= 0.3 is 5.97 Å². The first-order valence-corrected chi connectivity index (χ1v) is 11.8. The third-order valence-electron chi connectivity index (χ3n) is 5.40. The fraction of sp³-hybridized carbons (Fsp3) is 0. The largest absolute Gasteiger partial charge is 0.507 e. The number of thiol groups is 1. The Morgan fingerprint density at radius 3 is 2.03 bits per heavy atom. The average Bonchev–Trinajstić information content (AvgIpc) is 2.87. The normalized spacial score (nSPS) is 10.8. The fourth-order valence-corrected chi connectivity index (χ4v) is 4.24. The molecule has 0 aliphatic rings. The van der Waals surface area contributed by atoms with E-state index in [0.29, 0.717) is 11.1 Å². The number of carboxylic acids is 1. The molecule has 1 amide bonds. The van der Waals surface area contributed by atoms with Crippen LogP contribution in [0.2, 0.25) is 0 Å². The summed E-state index contributed by atoms with van der Waals surface area (Å²) < 4.78 is 38.0. The molecule has 4 rings (SSSR count). The summed E-state index contributed by atoms with van der Waals surface area (Å²) in [5, 5.41) is 31.9. The molecule has 0 bridgehead atoms. The van der Waals surface area contributed by atoms with Gasteiger partial charge < -0.3 is 20.6 Å². The number of anilines is 3. The molecular formula is C26H19FN2O7S. The van der Waals surface area contributed by atoms with Crippen molar-refractivity contribution in [1.29, 1.82) is 0 Å². The van der Waals surface area contributed by atoms with E-state index >= 15 is 0 Å². The number of hydrogen-bond donors (Lipinski definition) is 5. The number of carbonyl (C=O) groups excluding carboxylic acids is 1. The summed E-state index contributed by atoms with van der Waals surface area (Å²) in [7, 11) is -3.27. The second-order valence-electron chi connectivity index (χ2n) is 7.80. The van der Waals surface area contributed by atoms with Gasteiger partial charge in [0.2, 0.25) is 10.9 Å². The van der Waals surface area contributed by atoms with Gasteiger partial charge in [-0.15, -0.1) is 0 Å². The van der Waals surface area contributed by atoms with Crippen molar-refractivity contribution in [1.82, 2.24) is 0 Å². The highest BCUT2D eigenvalue weighted by atomic mass is 32.2. The molecule has 4 aromatic carbocycles. The molecule has 0 radical (unpaired) electrons. The van der Waals surface area contributed by atoms with Crippen LogP contribution in [0.25, 0.3) is 11.1 Å². The lowest BCUT2D eigenvalue weighted by molar-refractivity contribution is 0.0693. The number of carboxylic acid groups (broad SMARTS) is 1. The van der Waals surface area contributed by atoms with Crippen molar-refractivity contribution in [2.45, 2.75) is 0 Å². The minimum Gasteiger partial charge on any atom is -0.507 e. The van der Waals surface area contributed by atoms with Crippen molar-refractivity contribution in [2.24, 2.45) is 0 Å². The van der Waals surface area contributed by atoms with Gasteiger partial charge in [-0.1, -0.05) is 18.2 Å². The number of nitrogens with zero attached hydrogens (tertiary/aromatic N) is 1. The number of phenolic OH excluding ortho intramolecular Hbond substituents is 1. The minimum absolute atomic E-state index is 0.0919. The molecule has 0 spiro atoms. The van der Waals surface area contributed by atoms with E-state index in [9.17, 15) is 32.6 Å². The Hall–Kier alpha value is -4.90. The molecular weight excluding hydrogens is 503 g/mol. The van der Waals surface area contributed by atoms with Gasteiger partial charge in [0.1, 0.15) is 28.6 Å². The first-order chi connectivity index (χ1) is 17.6. The molecule has 37 heavy (non-hydrogen) atoms. The summed E-state index contributed by atoms with van der Waals surface area (Å²) in [6, 6.07) is 18.9. The van der Waals surface area contributed by atoms with Crippen LogP contribution in [0.3, 0.4) is 0 Å². The number of phenols is 2. The van der Waals surface area contributed by atoms with Crippen LogP contribution in [-0.4, -0.2) is 35.6 Å². The Bertz CT molecular complexity index is 1560. The maximum Gasteiger partial charge on any atom is 0.339 e. The van der Waals surface area contributed by atoms with Gasteiger partial charge in [-0.05, 0) is 77.9 Å². The molecule has 4 aromatic rings. The second-order valence-corrected chi connectivity index (χ2v) is 8.67. The number of carbonyl (C=O) groups is 2. The molecule has 0 atom stereocenters. The van der Waals surface area contributed by atoms with E-state index < -0.39 is 28.6 Å². The van der Waals surface area contributed by atoms with Gasteiger partial charge in [0.05, 0.1) is 5.69 Å². The van der Waals surface area contributed by atoms with Crippen LogP contribution >= 0.6 is 0 Å². The van der Waals surface area contributed by atoms with Crippen LogP contribution in [0.15, 0.2) is 84.9 Å². The highest BCUT2D eigenvalue weighted by Gasteiger charge is 2.18. The summed E-state index contributed by atoms with van der Waals surface area (Å²) in [6.45, 7) is 0. The molecule has 0 heterocycles. The van der Waals surface area contributed by atoms with Crippen molar-refractivity contribution in [3.63, 3.8) is 0 Å². The van der Waals surface area contributed by atoms with Crippen LogP contribution < -0.4 is 9.62 Å². The first kappa shape index (κ1) is 25.2. The van der Waals surface area contributed by atoms with Gasteiger partial charge in [0.25, 0.3) is 5.91 Å². The monoisotopic (exact) mass is 522 g/mol. The van der Waals surface area contributed by atoms with E-state index in [2.05, 4.69) is 5.32 Å². The maximum absolute atomic E-state index is 13.3. The molecule has 188 valence electrons. The van der Waals surface area contributed by atoms with Crippen LogP contribution in [0.1, 0.15) is 20.7 Å². The van der Waals surface area contributed by atoms with Gasteiger partial charge in [0.15, 0.2) is 0 Å². The molecule has 0 aliphatic heterocycles. The van der Waals surface area contributed by atoms with Crippen LogP contribution in [-0.2, 0) is 10.9 Å². The lowest BCUT2D eigenvalue weighted by Gasteiger charge is -2.20. The molecule has 4 N–H and O–H groups in total. The second kappa shape index (κ2) is 10.4. The number of benzene rings is 4. The summed E-state index contributed by atoms with van der Waals surface area (Å²) in [6.07, 6.45) is 0. The zero-order valence-electron chi connectivity index (χ0n) is 18.8. The number of halogens is 1. The number of rotatable bonds is 7. The Balaban J connectivity index is 1.56. The number of aromatic hydroxyl groups is 2. The van der Waals surface area contributed by atoms with Gasteiger partial charge in [0, 0.05) is 11.3 Å². The fourth-order valence-electron chi connectivity index (χ4n) is 3.58. The van der Waals surface area contributed by atoms with E-state index in [1.807, 2.05) is 0 Å². The van der Waals surface area contributed by atoms with E-state index in [4.69, 9.17) is 5.11 Å². The maximum atomic E-state index is 13.3. The lowest BCUT2D eigenvalue weighted by Crippen LogP contribution is -2.16. The predicted octanol–water partition coefficient (Wildman–Crippen LogP) is 4.52. The Morgan fingerprint density at radius 2 is 1.43 bits per heavy atom. The van der Waals surface area contributed by atoms with Crippen molar-refractivity contribution in [3.8, 4) is 22.6 Å². The van der Waals surface area contributed by atoms with Crippen molar-refractivity contribution in [3.05, 3.63) is 102 Å². The highest BCUT2D eigenvalue weighted by molar-refractivity contribution is 7.74. The lowest BCUT2D eigenvalue weighted by atomic mass is 10.0. The third kappa shape index (κ3) is 5.52. The molecule has 0 aliphatic carbocycles. The van der Waals surface area contributed by atoms with Crippen molar-refractivity contribution >= 4 is 39.8 Å². The molecule has 0 aromatic heterocycles. The SMILES string of the molecule is O=C(Nc1ccc(O)c(N(c2ccc(F)cc2)[SH](=O)=O)c1)c1ccc(-c2ccc(C(=O)O)c(O)c2)cc1. The van der Waals surface area contributed by atoms with Gasteiger partial charge in [-0.3, -0.25) is 4.79 Å². The van der Waals surface area contributed by atoms with Gasteiger partial charge in [-0.25, -0.2) is 21.9 Å². The Morgan fingerprint density at radius 1 is 0.784 bits per heavy atom.